The SMILES string of the molecule is CN=C(NCCCSC)NCC1(C(=O)N(C)C)CCCC1. The minimum Gasteiger partial charge on any atom is -0.356 e. The van der Waals surface area contributed by atoms with Crippen molar-refractivity contribution in [1.82, 2.24) is 15.5 Å². The molecule has 0 saturated heterocycles. The molecule has 1 rings (SSSR count). The van der Waals surface area contributed by atoms with Gasteiger partial charge in [0.05, 0.1) is 5.41 Å². The molecule has 21 heavy (non-hydrogen) atoms. The molecule has 1 aliphatic rings. The zero-order chi connectivity index (χ0) is 15.7. The van der Waals surface area contributed by atoms with Crippen molar-refractivity contribution >= 4 is 23.6 Å². The van der Waals surface area contributed by atoms with Crippen LogP contribution >= 0.6 is 11.8 Å². The molecule has 0 aromatic carbocycles. The molecule has 0 spiro atoms. The Bertz CT molecular complexity index is 352. The molecule has 0 aromatic heterocycles. The highest BCUT2D eigenvalue weighted by Crippen LogP contribution is 2.38. The Hall–Kier alpha value is -0.910. The molecule has 0 unspecified atom stereocenters. The van der Waals surface area contributed by atoms with E-state index in [1.54, 1.807) is 11.9 Å². The van der Waals surface area contributed by atoms with E-state index < -0.39 is 0 Å². The average Bonchev–Trinajstić information content (AvgIpc) is 2.95. The van der Waals surface area contributed by atoms with Crippen LogP contribution in [0.3, 0.4) is 0 Å². The normalized spacial score (nSPS) is 17.6. The number of carbonyl (C=O) groups is 1. The van der Waals surface area contributed by atoms with Crippen LogP contribution in [0.1, 0.15) is 32.1 Å². The smallest absolute Gasteiger partial charge is 0.230 e. The van der Waals surface area contributed by atoms with E-state index in [9.17, 15) is 4.79 Å². The van der Waals surface area contributed by atoms with Crippen molar-refractivity contribution < 1.29 is 4.79 Å². The van der Waals surface area contributed by atoms with E-state index >= 15 is 0 Å². The molecular weight excluding hydrogens is 284 g/mol. The number of hydrogen-bond donors (Lipinski definition) is 2. The number of hydrogen-bond acceptors (Lipinski definition) is 3. The zero-order valence-corrected chi connectivity index (χ0v) is 14.7. The molecule has 5 nitrogen and oxygen atoms in total. The minimum absolute atomic E-state index is 0.241. The van der Waals surface area contributed by atoms with Gasteiger partial charge < -0.3 is 15.5 Å². The highest BCUT2D eigenvalue weighted by Gasteiger charge is 2.42. The fourth-order valence-corrected chi connectivity index (χ4v) is 3.32. The number of thioether (sulfide) groups is 1. The van der Waals surface area contributed by atoms with Gasteiger partial charge in [0.25, 0.3) is 0 Å². The van der Waals surface area contributed by atoms with Gasteiger partial charge in [-0.25, -0.2) is 0 Å². The van der Waals surface area contributed by atoms with E-state index in [1.165, 1.54) is 0 Å². The van der Waals surface area contributed by atoms with Gasteiger partial charge in [0, 0.05) is 34.2 Å². The predicted molar refractivity (Wildman–Crippen MR) is 92.0 cm³/mol. The predicted octanol–water partition coefficient (Wildman–Crippen LogP) is 1.55. The number of nitrogens with one attached hydrogen (secondary N) is 2. The lowest BCUT2D eigenvalue weighted by Gasteiger charge is -2.31. The zero-order valence-electron chi connectivity index (χ0n) is 13.9. The van der Waals surface area contributed by atoms with Crippen LogP contribution in [0.15, 0.2) is 4.99 Å². The summed E-state index contributed by atoms with van der Waals surface area (Å²) in [5, 5.41) is 6.66. The third kappa shape index (κ3) is 5.41. The molecular formula is C15H30N4OS. The van der Waals surface area contributed by atoms with E-state index in [0.29, 0.717) is 6.54 Å². The van der Waals surface area contributed by atoms with Gasteiger partial charge in [-0.15, -0.1) is 0 Å². The summed E-state index contributed by atoms with van der Waals surface area (Å²) in [4.78, 5) is 18.5. The molecule has 2 N–H and O–H groups in total. The first kappa shape index (κ1) is 18.1. The molecule has 0 aromatic rings. The molecule has 0 bridgehead atoms. The van der Waals surface area contributed by atoms with Crippen LogP contribution in [-0.2, 0) is 4.79 Å². The second-order valence-electron chi connectivity index (χ2n) is 5.89. The highest BCUT2D eigenvalue weighted by molar-refractivity contribution is 7.98. The van der Waals surface area contributed by atoms with Crippen LogP contribution in [0, 0.1) is 5.41 Å². The summed E-state index contributed by atoms with van der Waals surface area (Å²) >= 11 is 1.85. The van der Waals surface area contributed by atoms with Crippen molar-refractivity contribution in [2.75, 3.05) is 46.2 Å². The van der Waals surface area contributed by atoms with Crippen LogP contribution in [0.25, 0.3) is 0 Å². The Morgan fingerprint density at radius 2 is 1.95 bits per heavy atom. The topological polar surface area (TPSA) is 56.7 Å². The van der Waals surface area contributed by atoms with Crippen molar-refractivity contribution in [2.24, 2.45) is 10.4 Å². The summed E-state index contributed by atoms with van der Waals surface area (Å²) in [6, 6.07) is 0. The lowest BCUT2D eigenvalue weighted by Crippen LogP contribution is -2.49. The van der Waals surface area contributed by atoms with Crippen LogP contribution < -0.4 is 10.6 Å². The van der Waals surface area contributed by atoms with Crippen LogP contribution in [-0.4, -0.2) is 63.0 Å². The quantitative estimate of drug-likeness (QED) is 0.425. The van der Waals surface area contributed by atoms with Gasteiger partial charge in [0.2, 0.25) is 5.91 Å². The first-order valence-corrected chi connectivity index (χ1v) is 9.10. The van der Waals surface area contributed by atoms with Gasteiger partial charge in [-0.1, -0.05) is 12.8 Å². The number of carbonyl (C=O) groups excluding carboxylic acids is 1. The van der Waals surface area contributed by atoms with Gasteiger partial charge in [0.15, 0.2) is 5.96 Å². The molecule has 6 heteroatoms. The van der Waals surface area contributed by atoms with Crippen molar-refractivity contribution in [3.8, 4) is 0 Å². The first-order valence-electron chi connectivity index (χ1n) is 7.71. The van der Waals surface area contributed by atoms with Crippen molar-refractivity contribution in [1.29, 1.82) is 0 Å². The van der Waals surface area contributed by atoms with E-state index in [1.807, 2.05) is 25.9 Å². The molecule has 1 aliphatic carbocycles. The van der Waals surface area contributed by atoms with E-state index in [2.05, 4.69) is 21.9 Å². The number of guanidine groups is 1. The minimum atomic E-state index is -0.250. The Labute approximate surface area is 133 Å². The first-order chi connectivity index (χ1) is 10.1. The summed E-state index contributed by atoms with van der Waals surface area (Å²) in [7, 11) is 5.47. The van der Waals surface area contributed by atoms with Crippen molar-refractivity contribution in [3.63, 3.8) is 0 Å². The Morgan fingerprint density at radius 3 is 2.48 bits per heavy atom. The summed E-state index contributed by atoms with van der Waals surface area (Å²) in [6.45, 7) is 1.58. The van der Waals surface area contributed by atoms with Crippen LogP contribution in [0.5, 0.6) is 0 Å². The summed E-state index contributed by atoms with van der Waals surface area (Å²) in [5.41, 5.74) is -0.250. The maximum atomic E-state index is 12.5. The standard InChI is InChI=1S/C15H30N4OS/c1-16-14(17-10-7-11-21-4)18-12-15(8-5-6-9-15)13(20)19(2)3/h5-12H2,1-4H3,(H2,16,17,18). The third-order valence-corrected chi connectivity index (χ3v) is 4.75. The Balaban J connectivity index is 2.50. The van der Waals surface area contributed by atoms with Gasteiger partial charge in [0.1, 0.15) is 0 Å². The van der Waals surface area contributed by atoms with E-state index in [4.69, 9.17) is 0 Å². The number of amides is 1. The molecule has 0 radical (unpaired) electrons. The molecule has 0 atom stereocenters. The van der Waals surface area contributed by atoms with Gasteiger partial charge >= 0.3 is 0 Å². The molecule has 1 fully saturated rings. The maximum absolute atomic E-state index is 12.5. The van der Waals surface area contributed by atoms with Crippen molar-refractivity contribution in [2.45, 2.75) is 32.1 Å². The molecule has 1 amide bonds. The maximum Gasteiger partial charge on any atom is 0.230 e. The van der Waals surface area contributed by atoms with Crippen LogP contribution in [0.4, 0.5) is 0 Å². The van der Waals surface area contributed by atoms with Crippen LogP contribution in [0.2, 0.25) is 0 Å². The summed E-state index contributed by atoms with van der Waals surface area (Å²) < 4.78 is 0. The lowest BCUT2D eigenvalue weighted by molar-refractivity contribution is -0.138. The summed E-state index contributed by atoms with van der Waals surface area (Å²) in [6.07, 6.45) is 7.45. The van der Waals surface area contributed by atoms with Crippen molar-refractivity contribution in [3.05, 3.63) is 0 Å². The monoisotopic (exact) mass is 314 g/mol. The third-order valence-electron chi connectivity index (χ3n) is 4.06. The molecule has 1 saturated carbocycles. The average molecular weight is 314 g/mol. The lowest BCUT2D eigenvalue weighted by atomic mass is 9.84. The fourth-order valence-electron chi connectivity index (χ4n) is 2.89. The Morgan fingerprint density at radius 1 is 1.29 bits per heavy atom. The Kier molecular flexibility index (Phi) is 7.93. The van der Waals surface area contributed by atoms with E-state index in [0.717, 1.165) is 50.4 Å². The number of aliphatic imine (C=N–C) groups is 1. The molecule has 0 heterocycles. The number of rotatable bonds is 7. The summed E-state index contributed by atoms with van der Waals surface area (Å²) in [5.74, 6) is 2.19. The second kappa shape index (κ2) is 9.18. The largest absolute Gasteiger partial charge is 0.356 e. The van der Waals surface area contributed by atoms with Gasteiger partial charge in [-0.05, 0) is 31.3 Å². The molecule has 0 aliphatic heterocycles. The van der Waals surface area contributed by atoms with Gasteiger partial charge in [-0.3, -0.25) is 9.79 Å². The molecule has 122 valence electrons. The second-order valence-corrected chi connectivity index (χ2v) is 6.87. The van der Waals surface area contributed by atoms with E-state index in [-0.39, 0.29) is 11.3 Å². The number of nitrogens with zero attached hydrogens (tertiary/aromatic N) is 2. The van der Waals surface area contributed by atoms with Gasteiger partial charge in [-0.2, -0.15) is 11.8 Å². The fraction of sp³-hybridized carbons (Fsp3) is 0.867. The highest BCUT2D eigenvalue weighted by atomic mass is 32.2.